The van der Waals surface area contributed by atoms with Crippen LogP contribution in [0.5, 0.6) is 0 Å². The number of imide groups is 1. The predicted octanol–water partition coefficient (Wildman–Crippen LogP) is 3.44. The van der Waals surface area contributed by atoms with Crippen LogP contribution in [0.2, 0.25) is 0 Å². The lowest BCUT2D eigenvalue weighted by Gasteiger charge is -2.12. The number of benzene rings is 2. The zero-order valence-electron chi connectivity index (χ0n) is 16.8. The Morgan fingerprint density at radius 1 is 1.03 bits per heavy atom. The van der Waals surface area contributed by atoms with Crippen LogP contribution in [-0.2, 0) is 9.53 Å². The average Bonchev–Trinajstić information content (AvgIpc) is 3.18. The average molecular weight is 419 g/mol. The number of carbonyl (C=O) groups is 3. The van der Waals surface area contributed by atoms with Gasteiger partial charge < -0.3 is 4.74 Å². The zero-order chi connectivity index (χ0) is 22.1. The van der Waals surface area contributed by atoms with Crippen molar-refractivity contribution in [3.05, 3.63) is 88.5 Å². The molecule has 4 rings (SSSR count). The molecule has 1 aliphatic heterocycles. The summed E-state index contributed by atoms with van der Waals surface area (Å²) >= 11 is 0. The second-order valence-corrected chi connectivity index (χ2v) is 6.98. The minimum Gasteiger partial charge on any atom is -0.441 e. The van der Waals surface area contributed by atoms with Gasteiger partial charge in [-0.05, 0) is 56.3 Å². The maximum Gasteiger partial charge on any atom is 0.332 e. The number of nitrogens with zero attached hydrogens (tertiary/aromatic N) is 3. The van der Waals surface area contributed by atoms with E-state index in [9.17, 15) is 18.8 Å². The first-order valence-electron chi connectivity index (χ1n) is 9.49. The van der Waals surface area contributed by atoms with E-state index < -0.39 is 24.5 Å². The summed E-state index contributed by atoms with van der Waals surface area (Å²) in [5, 5.41) is 4.43. The van der Waals surface area contributed by atoms with E-state index in [1.807, 2.05) is 6.92 Å². The van der Waals surface area contributed by atoms with E-state index in [4.69, 9.17) is 4.74 Å². The number of aryl methyl sites for hydroxylation is 1. The van der Waals surface area contributed by atoms with Crippen molar-refractivity contribution >= 4 is 23.9 Å². The van der Waals surface area contributed by atoms with Gasteiger partial charge in [-0.25, -0.2) is 18.8 Å². The van der Waals surface area contributed by atoms with Gasteiger partial charge in [0.1, 0.15) is 5.82 Å². The lowest BCUT2D eigenvalue weighted by Crippen LogP contribution is -2.32. The minimum atomic E-state index is -0.704. The van der Waals surface area contributed by atoms with Gasteiger partial charge in [-0.3, -0.25) is 9.59 Å². The third-order valence-electron chi connectivity index (χ3n) is 5.02. The Balaban J connectivity index is 1.44. The zero-order valence-corrected chi connectivity index (χ0v) is 16.8. The van der Waals surface area contributed by atoms with Crippen molar-refractivity contribution in [1.82, 2.24) is 14.7 Å². The SMILES string of the molecule is Cc1nn(-c2ccc(F)cc2)c(C)c1/C=C/C(=O)OCN1C(=O)c2ccccc2C1=O. The molecule has 0 radical (unpaired) electrons. The molecular formula is C23H18FN3O4. The van der Waals surface area contributed by atoms with Crippen molar-refractivity contribution in [3.8, 4) is 5.69 Å². The summed E-state index contributed by atoms with van der Waals surface area (Å²) in [5.74, 6) is -2.04. The van der Waals surface area contributed by atoms with Crippen molar-refractivity contribution in [3.63, 3.8) is 0 Å². The van der Waals surface area contributed by atoms with Gasteiger partial charge in [-0.2, -0.15) is 5.10 Å². The van der Waals surface area contributed by atoms with E-state index in [0.717, 1.165) is 10.6 Å². The number of hydrogen-bond donors (Lipinski definition) is 0. The maximum atomic E-state index is 13.2. The lowest BCUT2D eigenvalue weighted by atomic mass is 10.1. The van der Waals surface area contributed by atoms with Crippen molar-refractivity contribution in [2.75, 3.05) is 6.73 Å². The van der Waals surface area contributed by atoms with Gasteiger partial charge in [0.25, 0.3) is 11.8 Å². The number of ether oxygens (including phenoxy) is 1. The topological polar surface area (TPSA) is 81.5 Å². The molecule has 2 amide bonds. The second kappa shape index (κ2) is 7.98. The summed E-state index contributed by atoms with van der Waals surface area (Å²) < 4.78 is 19.9. The van der Waals surface area contributed by atoms with Gasteiger partial charge in [0.15, 0.2) is 6.73 Å². The maximum absolute atomic E-state index is 13.2. The number of amides is 2. The van der Waals surface area contributed by atoms with Crippen LogP contribution in [-0.4, -0.2) is 39.2 Å². The third kappa shape index (κ3) is 3.75. The molecule has 0 bridgehead atoms. The standard InChI is InChI=1S/C23H18FN3O4/c1-14-18(15(2)27(25-14)17-9-7-16(24)8-10-17)11-12-21(28)31-13-26-22(29)19-5-3-4-6-20(19)23(26)30/h3-12H,13H2,1-2H3/b12-11+. The summed E-state index contributed by atoms with van der Waals surface area (Å²) in [4.78, 5) is 37.7. The molecule has 0 spiro atoms. The van der Waals surface area contributed by atoms with E-state index in [2.05, 4.69) is 5.10 Å². The normalized spacial score (nSPS) is 13.2. The van der Waals surface area contributed by atoms with Crippen LogP contribution in [0.3, 0.4) is 0 Å². The summed E-state index contributed by atoms with van der Waals surface area (Å²) in [6, 6.07) is 12.4. The van der Waals surface area contributed by atoms with E-state index in [1.54, 1.807) is 54.1 Å². The van der Waals surface area contributed by atoms with Crippen molar-refractivity contribution < 1.29 is 23.5 Å². The molecule has 0 N–H and O–H groups in total. The Morgan fingerprint density at radius 2 is 1.65 bits per heavy atom. The van der Waals surface area contributed by atoms with E-state index >= 15 is 0 Å². The van der Waals surface area contributed by atoms with E-state index in [1.165, 1.54) is 18.2 Å². The largest absolute Gasteiger partial charge is 0.441 e. The van der Waals surface area contributed by atoms with Crippen LogP contribution < -0.4 is 0 Å². The van der Waals surface area contributed by atoms with Gasteiger partial charge in [0.2, 0.25) is 0 Å². The first-order valence-corrected chi connectivity index (χ1v) is 9.49. The quantitative estimate of drug-likeness (QED) is 0.360. The van der Waals surface area contributed by atoms with Crippen LogP contribution in [0.15, 0.2) is 54.6 Å². The molecule has 2 aromatic carbocycles. The number of esters is 1. The van der Waals surface area contributed by atoms with Gasteiger partial charge in [0, 0.05) is 17.3 Å². The van der Waals surface area contributed by atoms with Gasteiger partial charge in [-0.1, -0.05) is 12.1 Å². The number of rotatable bonds is 5. The summed E-state index contributed by atoms with van der Waals surface area (Å²) in [7, 11) is 0. The number of halogens is 1. The number of fused-ring (bicyclic) bond motifs is 1. The number of aromatic nitrogens is 2. The molecule has 3 aromatic rings. The first kappa shape index (κ1) is 20.2. The van der Waals surface area contributed by atoms with Crippen LogP contribution in [0.25, 0.3) is 11.8 Å². The van der Waals surface area contributed by atoms with Crippen LogP contribution in [0.1, 0.15) is 37.7 Å². The molecule has 7 nitrogen and oxygen atoms in total. The first-order chi connectivity index (χ1) is 14.9. The van der Waals surface area contributed by atoms with Crippen molar-refractivity contribution in [2.45, 2.75) is 13.8 Å². The lowest BCUT2D eigenvalue weighted by molar-refractivity contribution is -0.140. The molecule has 0 unspecified atom stereocenters. The minimum absolute atomic E-state index is 0.290. The Labute approximate surface area is 177 Å². The fraction of sp³-hybridized carbons (Fsp3) is 0.130. The highest BCUT2D eigenvalue weighted by molar-refractivity contribution is 6.21. The number of carbonyl (C=O) groups excluding carboxylic acids is 3. The van der Waals surface area contributed by atoms with Crippen LogP contribution >= 0.6 is 0 Å². The van der Waals surface area contributed by atoms with Gasteiger partial charge >= 0.3 is 5.97 Å². The molecule has 0 aliphatic carbocycles. The molecule has 0 fully saturated rings. The van der Waals surface area contributed by atoms with Gasteiger partial charge in [0.05, 0.1) is 22.5 Å². The molecule has 0 saturated carbocycles. The Bertz CT molecular complexity index is 1190. The summed E-state index contributed by atoms with van der Waals surface area (Å²) in [6.07, 6.45) is 2.77. The fourth-order valence-electron chi connectivity index (χ4n) is 3.41. The molecule has 2 heterocycles. The van der Waals surface area contributed by atoms with E-state index in [-0.39, 0.29) is 5.82 Å². The smallest absolute Gasteiger partial charge is 0.332 e. The highest BCUT2D eigenvalue weighted by Crippen LogP contribution is 2.22. The highest BCUT2D eigenvalue weighted by Gasteiger charge is 2.35. The van der Waals surface area contributed by atoms with Gasteiger partial charge in [-0.15, -0.1) is 0 Å². The van der Waals surface area contributed by atoms with Crippen molar-refractivity contribution in [1.29, 1.82) is 0 Å². The molecule has 156 valence electrons. The number of hydrogen-bond acceptors (Lipinski definition) is 5. The Morgan fingerprint density at radius 3 is 2.26 bits per heavy atom. The summed E-state index contributed by atoms with van der Waals surface area (Å²) in [5.41, 5.74) is 3.41. The molecule has 0 atom stereocenters. The van der Waals surface area contributed by atoms with Crippen LogP contribution in [0, 0.1) is 19.7 Å². The fourth-order valence-corrected chi connectivity index (χ4v) is 3.41. The summed E-state index contributed by atoms with van der Waals surface area (Å²) in [6.45, 7) is 3.15. The molecule has 1 aromatic heterocycles. The Kier molecular flexibility index (Phi) is 5.21. The van der Waals surface area contributed by atoms with E-state index in [0.29, 0.717) is 28.1 Å². The molecular weight excluding hydrogens is 401 g/mol. The second-order valence-electron chi connectivity index (χ2n) is 6.98. The Hall–Kier alpha value is -4.07. The van der Waals surface area contributed by atoms with Crippen LogP contribution in [0.4, 0.5) is 4.39 Å². The molecule has 1 aliphatic rings. The molecule has 8 heteroatoms. The van der Waals surface area contributed by atoms with Crippen molar-refractivity contribution in [2.24, 2.45) is 0 Å². The predicted molar refractivity (Wildman–Crippen MR) is 110 cm³/mol. The highest BCUT2D eigenvalue weighted by atomic mass is 19.1. The molecule has 31 heavy (non-hydrogen) atoms. The third-order valence-corrected chi connectivity index (χ3v) is 5.02. The molecule has 0 saturated heterocycles. The monoisotopic (exact) mass is 419 g/mol.